The standard InChI is InChI=1S/C36H43N9O4/c46-34(28-11-7-25(8-12-28)22-38-36(48)49)40-32(35(47)39-30-15-13-27(14-16-30)33-41-43-44-42-33)21-24-5-9-26(10-6-24)31-4-2-1-3-29(31)23-45-19-17-37-18-20-45/h1-6,9-10,13-16,25,28,32,37-38H,7-8,11-12,17-23H2,(H,39,47)(H,40,46)(H,48,49)(H,41,42,43,44)/t25-,28-,32-/m0/s1. The van der Waals surface area contributed by atoms with Crippen molar-refractivity contribution < 1.29 is 19.5 Å². The molecule has 1 aliphatic carbocycles. The van der Waals surface area contributed by atoms with E-state index in [2.05, 4.69) is 83.2 Å². The van der Waals surface area contributed by atoms with Gasteiger partial charge in [-0.1, -0.05) is 48.5 Å². The number of carboxylic acid groups (broad SMARTS) is 1. The molecule has 0 spiro atoms. The van der Waals surface area contributed by atoms with E-state index < -0.39 is 12.1 Å². The first-order valence-corrected chi connectivity index (χ1v) is 16.9. The predicted molar refractivity (Wildman–Crippen MR) is 185 cm³/mol. The van der Waals surface area contributed by atoms with Crippen LogP contribution in [-0.2, 0) is 22.6 Å². The van der Waals surface area contributed by atoms with Crippen LogP contribution in [0.5, 0.6) is 0 Å². The fourth-order valence-corrected chi connectivity index (χ4v) is 6.69. The van der Waals surface area contributed by atoms with E-state index in [1.807, 2.05) is 24.3 Å². The number of nitrogens with one attached hydrogen (secondary N) is 5. The van der Waals surface area contributed by atoms with Gasteiger partial charge in [0.2, 0.25) is 11.8 Å². The van der Waals surface area contributed by atoms with E-state index in [1.165, 1.54) is 11.1 Å². The summed E-state index contributed by atoms with van der Waals surface area (Å²) in [5, 5.41) is 34.7. The third-order valence-electron chi connectivity index (χ3n) is 9.49. The maximum atomic E-state index is 13.7. The number of benzene rings is 3. The van der Waals surface area contributed by atoms with Crippen molar-refractivity contribution in [2.45, 2.75) is 44.7 Å². The molecule has 3 aromatic carbocycles. The Morgan fingerprint density at radius 1 is 0.898 bits per heavy atom. The molecule has 2 aliphatic rings. The second-order valence-electron chi connectivity index (χ2n) is 12.9. The maximum Gasteiger partial charge on any atom is 0.404 e. The molecular weight excluding hydrogens is 622 g/mol. The zero-order chi connectivity index (χ0) is 34.0. The summed E-state index contributed by atoms with van der Waals surface area (Å²) < 4.78 is 0. The van der Waals surface area contributed by atoms with Gasteiger partial charge >= 0.3 is 6.09 Å². The lowest BCUT2D eigenvalue weighted by molar-refractivity contribution is -0.130. The molecule has 1 aromatic heterocycles. The lowest BCUT2D eigenvalue weighted by atomic mass is 9.81. The zero-order valence-corrected chi connectivity index (χ0v) is 27.4. The van der Waals surface area contributed by atoms with Crippen LogP contribution in [0.2, 0.25) is 0 Å². The molecule has 0 unspecified atom stereocenters. The number of hydrogen-bond donors (Lipinski definition) is 6. The molecule has 0 bridgehead atoms. The van der Waals surface area contributed by atoms with Crippen LogP contribution in [0.1, 0.15) is 36.8 Å². The number of piperazine rings is 1. The number of anilines is 1. The van der Waals surface area contributed by atoms with Gasteiger partial charge in [-0.3, -0.25) is 14.5 Å². The Balaban J connectivity index is 1.14. The van der Waals surface area contributed by atoms with Crippen molar-refractivity contribution in [1.29, 1.82) is 0 Å². The van der Waals surface area contributed by atoms with Gasteiger partial charge in [0, 0.05) is 62.9 Å². The van der Waals surface area contributed by atoms with Gasteiger partial charge in [0.15, 0.2) is 5.82 Å². The summed E-state index contributed by atoms with van der Waals surface area (Å²) in [5.41, 5.74) is 5.87. The highest BCUT2D eigenvalue weighted by atomic mass is 16.4. The van der Waals surface area contributed by atoms with Crippen LogP contribution in [0.15, 0.2) is 72.8 Å². The van der Waals surface area contributed by atoms with E-state index in [4.69, 9.17) is 5.11 Å². The van der Waals surface area contributed by atoms with Gasteiger partial charge in [0.05, 0.1) is 0 Å². The smallest absolute Gasteiger partial charge is 0.404 e. The number of carbonyl (C=O) groups is 3. The fraction of sp³-hybridized carbons (Fsp3) is 0.389. The van der Waals surface area contributed by atoms with Crippen molar-refractivity contribution >= 4 is 23.6 Å². The van der Waals surface area contributed by atoms with Gasteiger partial charge < -0.3 is 26.4 Å². The van der Waals surface area contributed by atoms with E-state index in [0.717, 1.165) is 62.3 Å². The van der Waals surface area contributed by atoms with E-state index in [9.17, 15) is 14.4 Å². The van der Waals surface area contributed by atoms with Crippen LogP contribution in [0.4, 0.5) is 10.5 Å². The summed E-state index contributed by atoms with van der Waals surface area (Å²) >= 11 is 0. The zero-order valence-electron chi connectivity index (χ0n) is 27.4. The summed E-state index contributed by atoms with van der Waals surface area (Å²) in [6, 6.07) is 23.1. The largest absolute Gasteiger partial charge is 0.465 e. The first kappa shape index (κ1) is 33.7. The fourth-order valence-electron chi connectivity index (χ4n) is 6.69. The monoisotopic (exact) mass is 665 g/mol. The molecule has 2 fully saturated rings. The highest BCUT2D eigenvalue weighted by Gasteiger charge is 2.30. The minimum Gasteiger partial charge on any atom is -0.465 e. The summed E-state index contributed by atoms with van der Waals surface area (Å²) in [6.45, 7) is 5.32. The second kappa shape index (κ2) is 16.3. The molecule has 6 N–H and O–H groups in total. The predicted octanol–water partition coefficient (Wildman–Crippen LogP) is 3.68. The van der Waals surface area contributed by atoms with Crippen molar-refractivity contribution in [1.82, 2.24) is 41.5 Å². The molecule has 1 atom stereocenters. The Hall–Kier alpha value is -5.14. The molecule has 1 aliphatic heterocycles. The molecule has 2 heterocycles. The number of tetrazole rings is 1. The lowest BCUT2D eigenvalue weighted by Gasteiger charge is -2.29. The van der Waals surface area contributed by atoms with Gasteiger partial charge in [-0.2, -0.15) is 0 Å². The number of hydrogen-bond acceptors (Lipinski definition) is 8. The van der Waals surface area contributed by atoms with E-state index in [0.29, 0.717) is 37.3 Å². The minimum atomic E-state index is -1.04. The minimum absolute atomic E-state index is 0.156. The number of aromatic nitrogens is 4. The SMILES string of the molecule is O=C(O)NC[C@H]1CC[C@H](C(=O)N[C@@H](Cc2ccc(-c3ccccc3CN3CCNCC3)cc2)C(=O)Nc2ccc(-c3nnn[nH]3)cc2)CC1. The number of aromatic amines is 1. The van der Waals surface area contributed by atoms with Gasteiger partial charge in [0.1, 0.15) is 6.04 Å². The first-order valence-electron chi connectivity index (χ1n) is 16.9. The van der Waals surface area contributed by atoms with Crippen LogP contribution in [-0.4, -0.2) is 87.3 Å². The normalized spacial score (nSPS) is 18.7. The molecule has 49 heavy (non-hydrogen) atoms. The van der Waals surface area contributed by atoms with Crippen molar-refractivity contribution in [3.8, 4) is 22.5 Å². The third-order valence-corrected chi connectivity index (χ3v) is 9.49. The Labute approximate surface area is 285 Å². The van der Waals surface area contributed by atoms with Crippen LogP contribution in [0.3, 0.4) is 0 Å². The number of H-pyrrole nitrogens is 1. The average molecular weight is 666 g/mol. The molecule has 4 aromatic rings. The summed E-state index contributed by atoms with van der Waals surface area (Å²) in [7, 11) is 0. The molecule has 256 valence electrons. The van der Waals surface area contributed by atoms with Gasteiger partial charge in [-0.05, 0) is 88.5 Å². The van der Waals surface area contributed by atoms with Gasteiger partial charge in [0.25, 0.3) is 0 Å². The van der Waals surface area contributed by atoms with Crippen molar-refractivity contribution in [3.63, 3.8) is 0 Å². The van der Waals surface area contributed by atoms with Gasteiger partial charge in [-0.15, -0.1) is 5.10 Å². The van der Waals surface area contributed by atoms with E-state index >= 15 is 0 Å². The van der Waals surface area contributed by atoms with Crippen LogP contribution >= 0.6 is 0 Å². The van der Waals surface area contributed by atoms with Crippen molar-refractivity contribution in [2.75, 3.05) is 38.0 Å². The molecule has 13 heteroatoms. The maximum absolute atomic E-state index is 13.7. The number of carbonyl (C=O) groups excluding carboxylic acids is 2. The number of nitrogens with zero attached hydrogens (tertiary/aromatic N) is 4. The highest BCUT2D eigenvalue weighted by molar-refractivity contribution is 5.97. The Morgan fingerprint density at radius 3 is 2.31 bits per heavy atom. The summed E-state index contributed by atoms with van der Waals surface area (Å²) in [6.07, 6.45) is 2.07. The molecule has 3 amide bonds. The summed E-state index contributed by atoms with van der Waals surface area (Å²) in [5.74, 6) is 0.0196. The second-order valence-corrected chi connectivity index (χ2v) is 12.9. The van der Waals surface area contributed by atoms with Gasteiger partial charge in [-0.25, -0.2) is 9.89 Å². The molecular formula is C36H43N9O4. The molecule has 0 radical (unpaired) electrons. The van der Waals surface area contributed by atoms with Crippen LogP contribution in [0.25, 0.3) is 22.5 Å². The average Bonchev–Trinajstić information content (AvgIpc) is 3.67. The Morgan fingerprint density at radius 2 is 1.61 bits per heavy atom. The first-order chi connectivity index (χ1) is 23.9. The Kier molecular flexibility index (Phi) is 11.2. The molecule has 1 saturated carbocycles. The summed E-state index contributed by atoms with van der Waals surface area (Å²) in [4.78, 5) is 40.6. The van der Waals surface area contributed by atoms with Crippen LogP contribution in [0, 0.1) is 11.8 Å². The van der Waals surface area contributed by atoms with E-state index in [1.54, 1.807) is 12.1 Å². The third kappa shape index (κ3) is 9.27. The quantitative estimate of drug-likeness (QED) is 0.132. The van der Waals surface area contributed by atoms with Crippen molar-refractivity contribution in [3.05, 3.63) is 83.9 Å². The molecule has 1 saturated heterocycles. The Bertz CT molecular complexity index is 1680. The molecule has 6 rings (SSSR count). The number of rotatable bonds is 12. The van der Waals surface area contributed by atoms with Crippen LogP contribution < -0.4 is 21.3 Å². The lowest BCUT2D eigenvalue weighted by Crippen LogP contribution is -2.48. The van der Waals surface area contributed by atoms with E-state index in [-0.39, 0.29) is 23.7 Å². The number of amides is 3. The highest BCUT2D eigenvalue weighted by Crippen LogP contribution is 2.29. The van der Waals surface area contributed by atoms with Crippen molar-refractivity contribution in [2.24, 2.45) is 11.8 Å². The molecule has 13 nitrogen and oxygen atoms in total. The topological polar surface area (TPSA) is 177 Å².